The number of aromatic nitrogens is 1. The highest BCUT2D eigenvalue weighted by Crippen LogP contribution is 2.38. The van der Waals surface area contributed by atoms with Gasteiger partial charge in [-0.25, -0.2) is 0 Å². The molecule has 17 heavy (non-hydrogen) atoms. The van der Waals surface area contributed by atoms with Gasteiger partial charge in [0.25, 0.3) is 5.91 Å². The lowest BCUT2D eigenvalue weighted by Gasteiger charge is -2.16. The van der Waals surface area contributed by atoms with Crippen LogP contribution in [0.15, 0.2) is 17.1 Å². The number of pyridine rings is 1. The Labute approximate surface area is 101 Å². The molecule has 1 amide bonds. The van der Waals surface area contributed by atoms with Crippen LogP contribution in [0.4, 0.5) is 0 Å². The Balaban J connectivity index is 2.10. The van der Waals surface area contributed by atoms with E-state index in [0.717, 1.165) is 12.2 Å². The molecular weight excluding hydrogens is 216 g/mol. The van der Waals surface area contributed by atoms with Crippen LogP contribution in [0.25, 0.3) is 0 Å². The average Bonchev–Trinajstić information content (AvgIpc) is 2.93. The Morgan fingerprint density at radius 3 is 2.76 bits per heavy atom. The maximum absolute atomic E-state index is 12.1. The fraction of sp³-hybridized carbons (Fsp3) is 0.538. The number of hydrogen-bond donors (Lipinski definition) is 1. The zero-order chi connectivity index (χ0) is 12.6. The highest BCUT2D eigenvalue weighted by Gasteiger charge is 2.34. The van der Waals surface area contributed by atoms with Crippen LogP contribution in [0.2, 0.25) is 0 Å². The molecule has 2 atom stereocenters. The minimum absolute atomic E-state index is 0.189. The molecule has 1 aliphatic carbocycles. The molecule has 1 aromatic rings. The van der Waals surface area contributed by atoms with Gasteiger partial charge in [0.15, 0.2) is 5.43 Å². The second-order valence-electron chi connectivity index (χ2n) is 5.05. The molecule has 4 nitrogen and oxygen atoms in total. The van der Waals surface area contributed by atoms with E-state index in [4.69, 9.17) is 0 Å². The summed E-state index contributed by atoms with van der Waals surface area (Å²) in [6.45, 7) is 4.72. The summed E-state index contributed by atoms with van der Waals surface area (Å²) < 4.78 is 0. The number of H-pyrrole nitrogens is 1. The van der Waals surface area contributed by atoms with Crippen LogP contribution in [-0.4, -0.2) is 29.4 Å². The number of nitrogens with one attached hydrogen (secondary N) is 1. The smallest absolute Gasteiger partial charge is 0.259 e. The standard InChI is InChI=1S/C13H18N2O2/c1-8-4-10(8)7-15(3)13(17)11-6-14-9(2)5-12(11)16/h5-6,8,10H,4,7H2,1-3H3,(H,14,16). The third-order valence-electron chi connectivity index (χ3n) is 3.42. The van der Waals surface area contributed by atoms with Gasteiger partial charge in [-0.05, 0) is 25.2 Å². The molecule has 1 aromatic heterocycles. The van der Waals surface area contributed by atoms with Gasteiger partial charge in [-0.2, -0.15) is 0 Å². The molecule has 2 unspecified atom stereocenters. The molecule has 0 radical (unpaired) electrons. The number of aryl methyl sites for hydroxylation is 1. The van der Waals surface area contributed by atoms with E-state index in [1.165, 1.54) is 18.7 Å². The van der Waals surface area contributed by atoms with Crippen LogP contribution in [0.3, 0.4) is 0 Å². The first kappa shape index (κ1) is 11.9. The second-order valence-corrected chi connectivity index (χ2v) is 5.05. The van der Waals surface area contributed by atoms with Crippen molar-refractivity contribution in [3.05, 3.63) is 33.7 Å². The first-order valence-electron chi connectivity index (χ1n) is 5.94. The van der Waals surface area contributed by atoms with Crippen molar-refractivity contribution in [2.45, 2.75) is 20.3 Å². The molecule has 0 aromatic carbocycles. The summed E-state index contributed by atoms with van der Waals surface area (Å²) >= 11 is 0. The van der Waals surface area contributed by atoms with E-state index in [9.17, 15) is 9.59 Å². The van der Waals surface area contributed by atoms with Crippen LogP contribution < -0.4 is 5.43 Å². The fourth-order valence-electron chi connectivity index (χ4n) is 2.03. The summed E-state index contributed by atoms with van der Waals surface area (Å²) in [7, 11) is 1.76. The van der Waals surface area contributed by atoms with Crippen molar-refractivity contribution in [2.24, 2.45) is 11.8 Å². The van der Waals surface area contributed by atoms with Gasteiger partial charge in [0.1, 0.15) is 5.56 Å². The van der Waals surface area contributed by atoms with Crippen LogP contribution in [-0.2, 0) is 0 Å². The van der Waals surface area contributed by atoms with E-state index >= 15 is 0 Å². The molecular formula is C13H18N2O2. The van der Waals surface area contributed by atoms with Gasteiger partial charge in [-0.15, -0.1) is 0 Å². The summed E-state index contributed by atoms with van der Waals surface area (Å²) in [4.78, 5) is 28.3. The molecule has 0 aliphatic heterocycles. The third-order valence-corrected chi connectivity index (χ3v) is 3.42. The van der Waals surface area contributed by atoms with Crippen molar-refractivity contribution in [2.75, 3.05) is 13.6 Å². The van der Waals surface area contributed by atoms with Gasteiger partial charge >= 0.3 is 0 Å². The Morgan fingerprint density at radius 2 is 2.24 bits per heavy atom. The van der Waals surface area contributed by atoms with Gasteiger partial charge in [0, 0.05) is 31.5 Å². The number of carbonyl (C=O) groups excluding carboxylic acids is 1. The van der Waals surface area contributed by atoms with Crippen LogP contribution >= 0.6 is 0 Å². The number of aromatic amines is 1. The van der Waals surface area contributed by atoms with Gasteiger partial charge < -0.3 is 9.88 Å². The van der Waals surface area contributed by atoms with Gasteiger partial charge in [-0.3, -0.25) is 9.59 Å². The predicted molar refractivity (Wildman–Crippen MR) is 66.0 cm³/mol. The first-order valence-corrected chi connectivity index (χ1v) is 5.94. The molecule has 1 aliphatic rings. The van der Waals surface area contributed by atoms with Crippen LogP contribution in [0, 0.1) is 18.8 Å². The molecule has 1 heterocycles. The van der Waals surface area contributed by atoms with Gasteiger partial charge in [0.2, 0.25) is 0 Å². The molecule has 0 bridgehead atoms. The maximum Gasteiger partial charge on any atom is 0.259 e. The number of hydrogen-bond acceptors (Lipinski definition) is 2. The molecule has 1 N–H and O–H groups in total. The van der Waals surface area contributed by atoms with Crippen molar-refractivity contribution in [1.82, 2.24) is 9.88 Å². The normalized spacial score (nSPS) is 22.3. The average molecular weight is 234 g/mol. The third kappa shape index (κ3) is 2.57. The van der Waals surface area contributed by atoms with E-state index in [2.05, 4.69) is 11.9 Å². The second kappa shape index (κ2) is 4.35. The monoisotopic (exact) mass is 234 g/mol. The molecule has 0 saturated heterocycles. The van der Waals surface area contributed by atoms with E-state index < -0.39 is 0 Å². The van der Waals surface area contributed by atoms with Crippen molar-refractivity contribution >= 4 is 5.91 Å². The van der Waals surface area contributed by atoms with Crippen molar-refractivity contribution < 1.29 is 4.79 Å². The molecule has 92 valence electrons. The Morgan fingerprint density at radius 1 is 1.59 bits per heavy atom. The zero-order valence-corrected chi connectivity index (χ0v) is 10.5. The van der Waals surface area contributed by atoms with E-state index in [1.807, 2.05) is 0 Å². The van der Waals surface area contributed by atoms with Gasteiger partial charge in [-0.1, -0.05) is 6.92 Å². The number of rotatable bonds is 3. The molecule has 2 rings (SSSR count). The topological polar surface area (TPSA) is 53.2 Å². The Bertz CT molecular complexity index is 492. The lowest BCUT2D eigenvalue weighted by Crippen LogP contribution is -2.32. The maximum atomic E-state index is 12.1. The molecule has 0 spiro atoms. The summed E-state index contributed by atoms with van der Waals surface area (Å²) in [5.41, 5.74) is 0.790. The first-order chi connectivity index (χ1) is 7.99. The molecule has 1 saturated carbocycles. The highest BCUT2D eigenvalue weighted by molar-refractivity contribution is 5.93. The van der Waals surface area contributed by atoms with Crippen molar-refractivity contribution in [1.29, 1.82) is 0 Å². The largest absolute Gasteiger partial charge is 0.364 e. The van der Waals surface area contributed by atoms with Crippen molar-refractivity contribution in [3.8, 4) is 0 Å². The van der Waals surface area contributed by atoms with Crippen LogP contribution in [0.1, 0.15) is 29.4 Å². The minimum atomic E-state index is -0.207. The highest BCUT2D eigenvalue weighted by atomic mass is 16.2. The lowest BCUT2D eigenvalue weighted by atomic mass is 10.2. The number of nitrogens with zero attached hydrogens (tertiary/aromatic N) is 1. The van der Waals surface area contributed by atoms with E-state index in [0.29, 0.717) is 11.8 Å². The summed E-state index contributed by atoms with van der Waals surface area (Å²) in [6, 6.07) is 1.46. The number of carbonyl (C=O) groups is 1. The minimum Gasteiger partial charge on any atom is -0.364 e. The Kier molecular flexibility index (Phi) is 3.05. The molecule has 4 heteroatoms. The van der Waals surface area contributed by atoms with E-state index in [1.54, 1.807) is 18.9 Å². The lowest BCUT2D eigenvalue weighted by molar-refractivity contribution is 0.0785. The Hall–Kier alpha value is -1.58. The quantitative estimate of drug-likeness (QED) is 0.859. The fourth-order valence-corrected chi connectivity index (χ4v) is 2.03. The summed E-state index contributed by atoms with van der Waals surface area (Å²) in [5, 5.41) is 0. The summed E-state index contributed by atoms with van der Waals surface area (Å²) in [6.07, 6.45) is 2.69. The molecule has 1 fully saturated rings. The van der Waals surface area contributed by atoms with Crippen LogP contribution in [0.5, 0.6) is 0 Å². The van der Waals surface area contributed by atoms with Gasteiger partial charge in [0.05, 0.1) is 0 Å². The zero-order valence-electron chi connectivity index (χ0n) is 10.5. The predicted octanol–water partition coefficient (Wildman–Crippen LogP) is 1.41. The van der Waals surface area contributed by atoms with Crippen molar-refractivity contribution in [3.63, 3.8) is 0 Å². The van der Waals surface area contributed by atoms with E-state index in [-0.39, 0.29) is 16.9 Å². The number of amides is 1. The SMILES string of the molecule is Cc1cc(=O)c(C(=O)N(C)CC2CC2C)c[nH]1. The summed E-state index contributed by atoms with van der Waals surface area (Å²) in [5.74, 6) is 1.13.